The van der Waals surface area contributed by atoms with Crippen LogP contribution in [0.25, 0.3) is 0 Å². The van der Waals surface area contributed by atoms with Crippen molar-refractivity contribution in [1.82, 2.24) is 0 Å². The number of aryl methyl sites for hydroxylation is 1. The topological polar surface area (TPSA) is 26.0 Å². The Bertz CT molecular complexity index is 276. The summed E-state index contributed by atoms with van der Waals surface area (Å²) in [5.41, 5.74) is 6.55. The first kappa shape index (κ1) is 11.7. The molecule has 0 radical (unpaired) electrons. The molecule has 12 heavy (non-hydrogen) atoms. The molecule has 0 aromatic heterocycles. The minimum absolute atomic E-state index is 0. The summed E-state index contributed by atoms with van der Waals surface area (Å²) in [6.45, 7) is 1.97. The molecule has 0 saturated carbocycles. The van der Waals surface area contributed by atoms with Crippen molar-refractivity contribution in [3.8, 4) is 0 Å². The summed E-state index contributed by atoms with van der Waals surface area (Å²) in [5, 5.41) is 0.438. The fraction of sp³-hybridized carbons (Fsp3) is 0.250. The zero-order valence-electron chi connectivity index (χ0n) is 6.60. The Balaban J connectivity index is 0.00000121. The molecule has 0 heterocycles. The van der Waals surface area contributed by atoms with Crippen LogP contribution in [-0.2, 0) is 6.54 Å². The summed E-state index contributed by atoms with van der Waals surface area (Å²) >= 11 is 5.78. The number of benzene rings is 1. The highest BCUT2D eigenvalue weighted by atomic mass is 35.5. The van der Waals surface area contributed by atoms with E-state index in [9.17, 15) is 4.39 Å². The van der Waals surface area contributed by atoms with Crippen LogP contribution in [0.2, 0.25) is 5.02 Å². The van der Waals surface area contributed by atoms with Crippen LogP contribution in [0.4, 0.5) is 4.39 Å². The Morgan fingerprint density at radius 2 is 2.08 bits per heavy atom. The molecule has 1 aromatic carbocycles. The fourth-order valence-electron chi connectivity index (χ4n) is 0.902. The van der Waals surface area contributed by atoms with Gasteiger partial charge in [0.15, 0.2) is 0 Å². The summed E-state index contributed by atoms with van der Waals surface area (Å²) in [4.78, 5) is 0. The lowest BCUT2D eigenvalue weighted by atomic mass is 10.1. The maximum absolute atomic E-state index is 12.9. The maximum Gasteiger partial charge on any atom is 0.129 e. The van der Waals surface area contributed by atoms with Crippen molar-refractivity contribution in [2.75, 3.05) is 0 Å². The number of rotatable bonds is 1. The van der Waals surface area contributed by atoms with Gasteiger partial charge >= 0.3 is 0 Å². The number of nitrogens with two attached hydrogens (primary N) is 1. The molecule has 0 unspecified atom stereocenters. The van der Waals surface area contributed by atoms with Crippen molar-refractivity contribution in [2.45, 2.75) is 13.5 Å². The van der Waals surface area contributed by atoms with E-state index in [-0.39, 0.29) is 24.8 Å². The Kier molecular flexibility index (Phi) is 4.53. The van der Waals surface area contributed by atoms with Gasteiger partial charge in [0.05, 0.1) is 5.02 Å². The van der Waals surface area contributed by atoms with Crippen LogP contribution in [0.5, 0.6) is 0 Å². The van der Waals surface area contributed by atoms with Gasteiger partial charge in [-0.25, -0.2) is 4.39 Å². The molecule has 0 aliphatic carbocycles. The van der Waals surface area contributed by atoms with Crippen LogP contribution in [-0.4, -0.2) is 0 Å². The molecule has 1 nitrogen and oxygen atoms in total. The van der Waals surface area contributed by atoms with Gasteiger partial charge in [-0.2, -0.15) is 0 Å². The van der Waals surface area contributed by atoms with Gasteiger partial charge in [-0.15, -0.1) is 12.4 Å². The van der Waals surface area contributed by atoms with Crippen molar-refractivity contribution in [1.29, 1.82) is 0 Å². The second-order valence-electron chi connectivity index (χ2n) is 2.36. The molecule has 1 aromatic rings. The number of hydrogen-bond donors (Lipinski definition) is 1. The first-order valence-corrected chi connectivity index (χ1v) is 3.68. The smallest absolute Gasteiger partial charge is 0.129 e. The highest BCUT2D eigenvalue weighted by molar-refractivity contribution is 6.32. The van der Waals surface area contributed by atoms with Crippen LogP contribution < -0.4 is 5.73 Å². The standard InChI is InChI=1S/C8H9ClFN.ClH/c1-5-2-3-7(10)6(4-11)8(5)9;/h2-3H,4,11H2,1H3;1H. The Morgan fingerprint density at radius 3 is 2.50 bits per heavy atom. The normalized spacial score (nSPS) is 9.33. The van der Waals surface area contributed by atoms with Crippen molar-refractivity contribution in [2.24, 2.45) is 5.73 Å². The monoisotopic (exact) mass is 209 g/mol. The molecule has 0 aliphatic rings. The number of hydrogen-bond acceptors (Lipinski definition) is 1. The van der Waals surface area contributed by atoms with Crippen molar-refractivity contribution in [3.63, 3.8) is 0 Å². The molecule has 0 amide bonds. The lowest BCUT2D eigenvalue weighted by molar-refractivity contribution is 0.610. The molecule has 0 fully saturated rings. The predicted octanol–water partition coefficient (Wildman–Crippen LogP) is 2.67. The highest BCUT2D eigenvalue weighted by Gasteiger charge is 2.06. The van der Waals surface area contributed by atoms with Gasteiger partial charge in [-0.05, 0) is 18.6 Å². The first-order valence-electron chi connectivity index (χ1n) is 3.30. The SMILES string of the molecule is Cc1ccc(F)c(CN)c1Cl.Cl. The first-order chi connectivity index (χ1) is 5.16. The third-order valence-electron chi connectivity index (χ3n) is 1.58. The van der Waals surface area contributed by atoms with E-state index in [1.165, 1.54) is 6.07 Å². The summed E-state index contributed by atoms with van der Waals surface area (Å²) in [6, 6.07) is 3.01. The van der Waals surface area contributed by atoms with E-state index >= 15 is 0 Å². The van der Waals surface area contributed by atoms with E-state index in [4.69, 9.17) is 17.3 Å². The van der Waals surface area contributed by atoms with Gasteiger partial charge in [0, 0.05) is 12.1 Å². The summed E-state index contributed by atoms with van der Waals surface area (Å²) < 4.78 is 12.9. The van der Waals surface area contributed by atoms with Gasteiger partial charge in [-0.3, -0.25) is 0 Å². The van der Waals surface area contributed by atoms with Crippen molar-refractivity contribution in [3.05, 3.63) is 34.1 Å². The van der Waals surface area contributed by atoms with Crippen LogP contribution in [0.1, 0.15) is 11.1 Å². The van der Waals surface area contributed by atoms with E-state index in [1.807, 2.05) is 6.92 Å². The largest absolute Gasteiger partial charge is 0.326 e. The zero-order valence-corrected chi connectivity index (χ0v) is 8.18. The zero-order chi connectivity index (χ0) is 8.43. The van der Waals surface area contributed by atoms with Crippen LogP contribution in [0.3, 0.4) is 0 Å². The third kappa shape index (κ3) is 2.09. The van der Waals surface area contributed by atoms with Gasteiger partial charge in [0.2, 0.25) is 0 Å². The fourth-order valence-corrected chi connectivity index (χ4v) is 1.13. The minimum Gasteiger partial charge on any atom is -0.326 e. The molecule has 68 valence electrons. The molecule has 0 aliphatic heterocycles. The average Bonchev–Trinajstić information content (AvgIpc) is 1.99. The van der Waals surface area contributed by atoms with Crippen LogP contribution in [0.15, 0.2) is 12.1 Å². The van der Waals surface area contributed by atoms with Gasteiger partial charge in [0.1, 0.15) is 5.82 Å². The molecule has 2 N–H and O–H groups in total. The second kappa shape index (κ2) is 4.65. The molecular formula is C8H10Cl2FN. The molecule has 4 heteroatoms. The molecule has 0 spiro atoms. The summed E-state index contributed by atoms with van der Waals surface area (Å²) in [6.07, 6.45) is 0. The summed E-state index contributed by atoms with van der Waals surface area (Å²) in [5.74, 6) is -0.330. The molecule has 0 saturated heterocycles. The Hall–Kier alpha value is -0.310. The van der Waals surface area contributed by atoms with E-state index in [2.05, 4.69) is 0 Å². The quantitative estimate of drug-likeness (QED) is 0.757. The molecular weight excluding hydrogens is 200 g/mol. The van der Waals surface area contributed by atoms with Gasteiger partial charge in [-0.1, -0.05) is 17.7 Å². The van der Waals surface area contributed by atoms with Crippen LogP contribution >= 0.6 is 24.0 Å². The predicted molar refractivity (Wildman–Crippen MR) is 51.3 cm³/mol. The number of halogens is 3. The highest BCUT2D eigenvalue weighted by Crippen LogP contribution is 2.22. The summed E-state index contributed by atoms with van der Waals surface area (Å²) in [7, 11) is 0. The van der Waals surface area contributed by atoms with Crippen LogP contribution in [0, 0.1) is 12.7 Å². The lowest BCUT2D eigenvalue weighted by Gasteiger charge is -2.04. The minimum atomic E-state index is -0.330. The lowest BCUT2D eigenvalue weighted by Crippen LogP contribution is -2.01. The maximum atomic E-state index is 12.9. The average molecular weight is 210 g/mol. The van der Waals surface area contributed by atoms with Gasteiger partial charge < -0.3 is 5.73 Å². The van der Waals surface area contributed by atoms with E-state index in [1.54, 1.807) is 6.07 Å². The Morgan fingerprint density at radius 1 is 1.50 bits per heavy atom. The van der Waals surface area contributed by atoms with E-state index in [0.29, 0.717) is 10.6 Å². The van der Waals surface area contributed by atoms with E-state index in [0.717, 1.165) is 5.56 Å². The van der Waals surface area contributed by atoms with Crippen molar-refractivity contribution >= 4 is 24.0 Å². The third-order valence-corrected chi connectivity index (χ3v) is 2.11. The van der Waals surface area contributed by atoms with E-state index < -0.39 is 0 Å². The molecule has 0 atom stereocenters. The van der Waals surface area contributed by atoms with Gasteiger partial charge in [0.25, 0.3) is 0 Å². The molecule has 0 bridgehead atoms. The second-order valence-corrected chi connectivity index (χ2v) is 2.74. The molecule has 1 rings (SSSR count). The van der Waals surface area contributed by atoms with Crippen molar-refractivity contribution < 1.29 is 4.39 Å². The Labute approximate surface area is 82.1 Å².